The topological polar surface area (TPSA) is 95.1 Å². The van der Waals surface area contributed by atoms with Crippen molar-refractivity contribution < 1.29 is 14.3 Å². The van der Waals surface area contributed by atoms with Crippen LogP contribution in [0.25, 0.3) is 0 Å². The van der Waals surface area contributed by atoms with Gasteiger partial charge in [-0.25, -0.2) is 9.79 Å². The van der Waals surface area contributed by atoms with E-state index in [0.717, 1.165) is 19.3 Å². The van der Waals surface area contributed by atoms with Gasteiger partial charge in [0.1, 0.15) is 12.1 Å². The summed E-state index contributed by atoms with van der Waals surface area (Å²) >= 11 is 0. The molecule has 2 rings (SSSR count). The number of nitrogens with one attached hydrogen (secondary N) is 3. The number of aliphatic imine (C=N–C) groups is 1. The first kappa shape index (κ1) is 28.0. The molecule has 0 spiro atoms. The highest BCUT2D eigenvalue weighted by molar-refractivity contribution is 14.0. The number of likely N-dealkylation sites (N-methyl/N-ethyl adjacent to an activating group) is 1. The van der Waals surface area contributed by atoms with Gasteiger partial charge in [0.05, 0.1) is 6.04 Å². The van der Waals surface area contributed by atoms with Gasteiger partial charge in [0.15, 0.2) is 5.96 Å². The van der Waals surface area contributed by atoms with E-state index in [4.69, 9.17) is 4.74 Å². The number of guanidine groups is 1. The Kier molecular flexibility index (Phi) is 11.8. The van der Waals surface area contributed by atoms with Crippen molar-refractivity contribution in [3.63, 3.8) is 0 Å². The van der Waals surface area contributed by atoms with Gasteiger partial charge in [0, 0.05) is 27.2 Å². The van der Waals surface area contributed by atoms with Gasteiger partial charge in [-0.2, -0.15) is 0 Å². The molecule has 180 valence electrons. The summed E-state index contributed by atoms with van der Waals surface area (Å²) in [5.74, 6) is 0.909. The van der Waals surface area contributed by atoms with Crippen LogP contribution >= 0.6 is 24.0 Å². The molecule has 1 saturated carbocycles. The number of alkyl carbamates (subject to hydrolysis) is 1. The summed E-state index contributed by atoms with van der Waals surface area (Å²) in [5, 5.41) is 9.56. The normalized spacial score (nSPS) is 14.6. The molecule has 0 bridgehead atoms. The van der Waals surface area contributed by atoms with Gasteiger partial charge in [0.2, 0.25) is 5.91 Å². The summed E-state index contributed by atoms with van der Waals surface area (Å²) in [7, 11) is 3.42. The third-order valence-corrected chi connectivity index (χ3v) is 4.80. The number of nitrogens with zero attached hydrogens (tertiary/aromatic N) is 2. The van der Waals surface area contributed by atoms with Gasteiger partial charge in [-0.05, 0) is 51.5 Å². The van der Waals surface area contributed by atoms with Crippen LogP contribution in [0.1, 0.15) is 39.2 Å². The summed E-state index contributed by atoms with van der Waals surface area (Å²) in [6.45, 7) is 6.79. The van der Waals surface area contributed by atoms with E-state index in [9.17, 15) is 9.59 Å². The largest absolute Gasteiger partial charge is 0.444 e. The fraction of sp³-hybridized carbons (Fsp3) is 0.609. The van der Waals surface area contributed by atoms with E-state index >= 15 is 0 Å². The maximum atomic E-state index is 12.2. The van der Waals surface area contributed by atoms with E-state index in [2.05, 4.69) is 33.1 Å². The van der Waals surface area contributed by atoms with Crippen LogP contribution in [-0.4, -0.2) is 68.2 Å². The Hall–Kier alpha value is -2.04. The first-order valence-corrected chi connectivity index (χ1v) is 10.9. The van der Waals surface area contributed by atoms with Crippen molar-refractivity contribution in [2.45, 2.75) is 51.7 Å². The van der Waals surface area contributed by atoms with Crippen molar-refractivity contribution >= 4 is 41.9 Å². The van der Waals surface area contributed by atoms with Crippen LogP contribution in [0.15, 0.2) is 35.3 Å². The average Bonchev–Trinajstić information content (AvgIpc) is 3.52. The molecule has 8 nitrogen and oxygen atoms in total. The summed E-state index contributed by atoms with van der Waals surface area (Å²) in [6.07, 6.45) is 2.58. The molecule has 0 heterocycles. The number of halogens is 1. The number of amides is 2. The number of rotatable bonds is 9. The van der Waals surface area contributed by atoms with E-state index in [1.54, 1.807) is 14.1 Å². The second-order valence-electron chi connectivity index (χ2n) is 9.09. The van der Waals surface area contributed by atoms with E-state index in [1.807, 2.05) is 39.0 Å². The highest BCUT2D eigenvalue weighted by atomic mass is 127. The van der Waals surface area contributed by atoms with Gasteiger partial charge < -0.3 is 25.6 Å². The third-order valence-electron chi connectivity index (χ3n) is 4.80. The molecule has 0 saturated heterocycles. The quantitative estimate of drug-likeness (QED) is 0.246. The van der Waals surface area contributed by atoms with Crippen molar-refractivity contribution in [1.82, 2.24) is 20.9 Å². The van der Waals surface area contributed by atoms with E-state index in [1.165, 1.54) is 10.5 Å². The Bertz CT molecular complexity index is 746. The van der Waals surface area contributed by atoms with Gasteiger partial charge in [-0.1, -0.05) is 30.3 Å². The number of ether oxygens (including phenoxy) is 1. The molecule has 3 N–H and O–H groups in total. The lowest BCUT2D eigenvalue weighted by molar-refractivity contribution is -0.127. The molecule has 1 atom stereocenters. The second kappa shape index (κ2) is 13.5. The monoisotopic (exact) mass is 559 g/mol. The number of benzene rings is 1. The van der Waals surface area contributed by atoms with Crippen molar-refractivity contribution in [3.05, 3.63) is 35.9 Å². The lowest BCUT2D eigenvalue weighted by Crippen LogP contribution is -2.49. The minimum Gasteiger partial charge on any atom is -0.444 e. The van der Waals surface area contributed by atoms with Gasteiger partial charge in [-0.3, -0.25) is 4.79 Å². The number of carbonyl (C=O) groups excluding carboxylic acids is 2. The standard InChI is InChI=1S/C23H37N5O3.HI/c1-23(2,3)31-22(30)27-19(18-11-12-18)15-25-21(26-16-20(29)28(4)5)24-14-13-17-9-7-6-8-10-17;/h6-10,18-19H,11-16H2,1-5H3,(H,27,30)(H2,24,25,26);1H. The predicted octanol–water partition coefficient (Wildman–Crippen LogP) is 2.77. The van der Waals surface area contributed by atoms with Crippen LogP contribution in [0.2, 0.25) is 0 Å². The molecule has 9 heteroatoms. The Labute approximate surface area is 209 Å². The molecule has 1 fully saturated rings. The minimum absolute atomic E-state index is 0. The SMILES string of the molecule is CN(C)C(=O)CN=C(NCCc1ccccc1)NCC(NC(=O)OC(C)(C)C)C1CC1.I. The van der Waals surface area contributed by atoms with Gasteiger partial charge in [0.25, 0.3) is 0 Å². The second-order valence-corrected chi connectivity index (χ2v) is 9.09. The number of carbonyl (C=O) groups is 2. The van der Waals surface area contributed by atoms with Crippen molar-refractivity contribution in [2.24, 2.45) is 10.9 Å². The van der Waals surface area contributed by atoms with Gasteiger partial charge >= 0.3 is 6.09 Å². The molecule has 0 aliphatic heterocycles. The summed E-state index contributed by atoms with van der Waals surface area (Å²) in [5.41, 5.74) is 0.685. The van der Waals surface area contributed by atoms with E-state index in [-0.39, 0.29) is 42.5 Å². The van der Waals surface area contributed by atoms with Crippen LogP contribution in [0, 0.1) is 5.92 Å². The molecule has 0 aromatic heterocycles. The zero-order valence-corrected chi connectivity index (χ0v) is 22.1. The first-order valence-electron chi connectivity index (χ1n) is 10.9. The van der Waals surface area contributed by atoms with Crippen LogP contribution in [0.4, 0.5) is 4.79 Å². The molecule has 1 aliphatic rings. The number of hydrogen-bond acceptors (Lipinski definition) is 4. The molecule has 0 radical (unpaired) electrons. The van der Waals surface area contributed by atoms with Crippen molar-refractivity contribution in [2.75, 3.05) is 33.7 Å². The van der Waals surface area contributed by atoms with Crippen LogP contribution in [0.5, 0.6) is 0 Å². The zero-order valence-electron chi connectivity index (χ0n) is 19.8. The zero-order chi connectivity index (χ0) is 22.9. The molecule has 32 heavy (non-hydrogen) atoms. The first-order chi connectivity index (χ1) is 14.6. The van der Waals surface area contributed by atoms with Crippen molar-refractivity contribution in [3.8, 4) is 0 Å². The summed E-state index contributed by atoms with van der Waals surface area (Å²) in [6, 6.07) is 10.1. The predicted molar refractivity (Wildman–Crippen MR) is 138 cm³/mol. The molecule has 1 aromatic carbocycles. The van der Waals surface area contributed by atoms with Crippen LogP contribution < -0.4 is 16.0 Å². The number of hydrogen-bond donors (Lipinski definition) is 3. The maximum Gasteiger partial charge on any atom is 0.407 e. The molecule has 2 amide bonds. The van der Waals surface area contributed by atoms with E-state index < -0.39 is 11.7 Å². The van der Waals surface area contributed by atoms with Crippen LogP contribution in [-0.2, 0) is 16.0 Å². The lowest BCUT2D eigenvalue weighted by atomic mass is 10.1. The minimum atomic E-state index is -0.538. The molecule has 1 unspecified atom stereocenters. The van der Waals surface area contributed by atoms with Gasteiger partial charge in [-0.15, -0.1) is 24.0 Å². The fourth-order valence-electron chi connectivity index (χ4n) is 2.93. The highest BCUT2D eigenvalue weighted by Gasteiger charge is 2.33. The Morgan fingerprint density at radius 2 is 1.81 bits per heavy atom. The molecule has 1 aromatic rings. The average molecular weight is 559 g/mol. The summed E-state index contributed by atoms with van der Waals surface area (Å²) < 4.78 is 5.40. The molecular weight excluding hydrogens is 521 g/mol. The maximum absolute atomic E-state index is 12.2. The lowest BCUT2D eigenvalue weighted by Gasteiger charge is -2.24. The third kappa shape index (κ3) is 11.5. The van der Waals surface area contributed by atoms with Crippen LogP contribution in [0.3, 0.4) is 0 Å². The Morgan fingerprint density at radius 1 is 1.16 bits per heavy atom. The van der Waals surface area contributed by atoms with Crippen molar-refractivity contribution in [1.29, 1.82) is 0 Å². The molecular formula is C23H38IN5O3. The highest BCUT2D eigenvalue weighted by Crippen LogP contribution is 2.32. The smallest absolute Gasteiger partial charge is 0.407 e. The van der Waals surface area contributed by atoms with E-state index in [0.29, 0.717) is 25.0 Å². The summed E-state index contributed by atoms with van der Waals surface area (Å²) in [4.78, 5) is 30.1. The fourth-order valence-corrected chi connectivity index (χ4v) is 2.93. The molecule has 1 aliphatic carbocycles. The Morgan fingerprint density at radius 3 is 2.38 bits per heavy atom. The Balaban J connectivity index is 0.00000512.